The third-order valence-electron chi connectivity index (χ3n) is 4.21. The number of non-ortho nitro benzene ring substituents is 1. The van der Waals surface area contributed by atoms with Crippen LogP contribution in [0.4, 0.5) is 11.4 Å². The third-order valence-corrected chi connectivity index (χ3v) is 4.21. The zero-order valence-electron chi connectivity index (χ0n) is 11.7. The summed E-state index contributed by atoms with van der Waals surface area (Å²) in [5.74, 6) is 0. The fourth-order valence-electron chi connectivity index (χ4n) is 2.91. The van der Waals surface area contributed by atoms with Gasteiger partial charge in [-0.3, -0.25) is 15.0 Å². The summed E-state index contributed by atoms with van der Waals surface area (Å²) in [5, 5.41) is 14.2. The molecule has 1 aromatic rings. The number of hydrogen-bond acceptors (Lipinski definition) is 5. The van der Waals surface area contributed by atoms with Crippen LogP contribution in [0, 0.1) is 17.0 Å². The Balaban J connectivity index is 1.69. The third kappa shape index (κ3) is 2.62. The van der Waals surface area contributed by atoms with Gasteiger partial charge in [0.1, 0.15) is 0 Å². The van der Waals surface area contributed by atoms with Crippen LogP contribution in [-0.2, 0) is 0 Å². The van der Waals surface area contributed by atoms with Gasteiger partial charge in [0.15, 0.2) is 0 Å². The molecule has 0 aliphatic carbocycles. The number of nitrogens with one attached hydrogen (secondary N) is 1. The molecule has 6 nitrogen and oxygen atoms in total. The molecule has 2 saturated heterocycles. The lowest BCUT2D eigenvalue weighted by atomic mass is 10.1. The van der Waals surface area contributed by atoms with Crippen LogP contribution >= 0.6 is 0 Å². The van der Waals surface area contributed by atoms with Crippen LogP contribution in [0.2, 0.25) is 0 Å². The van der Waals surface area contributed by atoms with E-state index >= 15 is 0 Å². The summed E-state index contributed by atoms with van der Waals surface area (Å²) >= 11 is 0. The molecule has 3 rings (SSSR count). The van der Waals surface area contributed by atoms with Crippen LogP contribution in [0.1, 0.15) is 5.56 Å². The highest BCUT2D eigenvalue weighted by Crippen LogP contribution is 2.25. The Labute approximate surface area is 118 Å². The van der Waals surface area contributed by atoms with Gasteiger partial charge in [-0.2, -0.15) is 0 Å². The van der Waals surface area contributed by atoms with Gasteiger partial charge in [-0.25, -0.2) is 0 Å². The maximum Gasteiger partial charge on any atom is 0.271 e. The van der Waals surface area contributed by atoms with Crippen LogP contribution in [0.15, 0.2) is 18.2 Å². The lowest BCUT2D eigenvalue weighted by Crippen LogP contribution is -2.61. The van der Waals surface area contributed by atoms with Crippen molar-refractivity contribution in [2.45, 2.75) is 13.0 Å². The van der Waals surface area contributed by atoms with Crippen molar-refractivity contribution in [3.05, 3.63) is 33.9 Å². The van der Waals surface area contributed by atoms with Crippen molar-refractivity contribution in [2.75, 3.05) is 44.2 Å². The molecule has 0 atom stereocenters. The topological polar surface area (TPSA) is 61.6 Å². The van der Waals surface area contributed by atoms with E-state index in [1.54, 1.807) is 12.1 Å². The van der Waals surface area contributed by atoms with Crippen molar-refractivity contribution in [3.8, 4) is 0 Å². The number of nitrogens with zero attached hydrogens (tertiary/aromatic N) is 3. The number of aryl methyl sites for hydroxylation is 1. The normalized spacial score (nSPS) is 20.8. The lowest BCUT2D eigenvalue weighted by molar-refractivity contribution is -0.384. The molecule has 0 amide bonds. The second-order valence-corrected chi connectivity index (χ2v) is 5.62. The van der Waals surface area contributed by atoms with Crippen molar-refractivity contribution in [3.63, 3.8) is 0 Å². The first-order valence-electron chi connectivity index (χ1n) is 7.09. The van der Waals surface area contributed by atoms with Crippen LogP contribution in [-0.4, -0.2) is 55.1 Å². The Bertz CT molecular complexity index is 508. The Morgan fingerprint density at radius 3 is 2.45 bits per heavy atom. The molecular formula is C14H20N4O2. The number of nitro groups is 1. The molecule has 2 heterocycles. The number of benzene rings is 1. The quantitative estimate of drug-likeness (QED) is 0.659. The monoisotopic (exact) mass is 276 g/mol. The number of nitro benzene ring substituents is 1. The summed E-state index contributed by atoms with van der Waals surface area (Å²) in [6.45, 7) is 8.05. The first-order chi connectivity index (χ1) is 9.63. The van der Waals surface area contributed by atoms with Gasteiger partial charge in [0.25, 0.3) is 5.69 Å². The lowest BCUT2D eigenvalue weighted by Gasteiger charge is -2.43. The standard InChI is InChI=1S/C14H20N4O2/c1-11-6-12(8-13(7-11)18(19)20)16-2-4-17(5-3-16)14-9-15-10-14/h6-8,14-15H,2-5,9-10H2,1H3. The molecule has 0 unspecified atom stereocenters. The smallest absolute Gasteiger partial charge is 0.271 e. The summed E-state index contributed by atoms with van der Waals surface area (Å²) in [7, 11) is 0. The Morgan fingerprint density at radius 1 is 1.20 bits per heavy atom. The fraction of sp³-hybridized carbons (Fsp3) is 0.571. The molecule has 0 saturated carbocycles. The van der Waals surface area contributed by atoms with E-state index in [0.717, 1.165) is 50.5 Å². The maximum atomic E-state index is 10.9. The first-order valence-corrected chi connectivity index (χ1v) is 7.09. The van der Waals surface area contributed by atoms with E-state index in [9.17, 15) is 10.1 Å². The zero-order chi connectivity index (χ0) is 14.1. The summed E-state index contributed by atoms with van der Waals surface area (Å²) in [6, 6.07) is 6.03. The van der Waals surface area contributed by atoms with Gasteiger partial charge in [-0.15, -0.1) is 0 Å². The molecule has 20 heavy (non-hydrogen) atoms. The van der Waals surface area contributed by atoms with Gasteiger partial charge in [-0.1, -0.05) is 0 Å². The molecule has 0 radical (unpaired) electrons. The molecule has 1 aromatic carbocycles. The molecule has 6 heteroatoms. The van der Waals surface area contributed by atoms with Crippen molar-refractivity contribution >= 4 is 11.4 Å². The largest absolute Gasteiger partial charge is 0.369 e. The molecule has 2 aliphatic heterocycles. The summed E-state index contributed by atoms with van der Waals surface area (Å²) in [6.07, 6.45) is 0. The van der Waals surface area contributed by atoms with Crippen LogP contribution < -0.4 is 10.2 Å². The molecule has 108 valence electrons. The van der Waals surface area contributed by atoms with E-state index in [4.69, 9.17) is 0 Å². The van der Waals surface area contributed by atoms with Crippen LogP contribution in [0.5, 0.6) is 0 Å². The van der Waals surface area contributed by atoms with Gasteiger partial charge < -0.3 is 10.2 Å². The number of hydrogen-bond donors (Lipinski definition) is 1. The van der Waals surface area contributed by atoms with E-state index < -0.39 is 0 Å². The van der Waals surface area contributed by atoms with Crippen molar-refractivity contribution < 1.29 is 4.92 Å². The first kappa shape index (κ1) is 13.3. The maximum absolute atomic E-state index is 10.9. The van der Waals surface area contributed by atoms with Gasteiger partial charge in [0.05, 0.1) is 4.92 Å². The second kappa shape index (κ2) is 5.38. The summed E-state index contributed by atoms with van der Waals surface area (Å²) in [5.41, 5.74) is 2.11. The van der Waals surface area contributed by atoms with E-state index in [1.807, 2.05) is 13.0 Å². The van der Waals surface area contributed by atoms with Gasteiger partial charge >= 0.3 is 0 Å². The van der Waals surface area contributed by atoms with E-state index in [-0.39, 0.29) is 10.6 Å². The zero-order valence-corrected chi connectivity index (χ0v) is 11.7. The second-order valence-electron chi connectivity index (χ2n) is 5.62. The van der Waals surface area contributed by atoms with Crippen molar-refractivity contribution in [1.29, 1.82) is 0 Å². The SMILES string of the molecule is Cc1cc(N2CCN(C3CNC3)CC2)cc([N+](=O)[O-])c1. The minimum atomic E-state index is -0.313. The van der Waals surface area contributed by atoms with Crippen LogP contribution in [0.25, 0.3) is 0 Å². The molecule has 0 bridgehead atoms. The van der Waals surface area contributed by atoms with Crippen molar-refractivity contribution in [1.82, 2.24) is 10.2 Å². The predicted octanol–water partition coefficient (Wildman–Crippen LogP) is 0.997. The molecule has 2 fully saturated rings. The molecule has 1 N–H and O–H groups in total. The Kier molecular flexibility index (Phi) is 3.58. The van der Waals surface area contributed by atoms with Gasteiger partial charge in [0, 0.05) is 63.1 Å². The minimum Gasteiger partial charge on any atom is -0.369 e. The summed E-state index contributed by atoms with van der Waals surface area (Å²) in [4.78, 5) is 15.4. The predicted molar refractivity (Wildman–Crippen MR) is 78.3 cm³/mol. The molecule has 0 aromatic heterocycles. The van der Waals surface area contributed by atoms with E-state index in [2.05, 4.69) is 15.1 Å². The molecular weight excluding hydrogens is 256 g/mol. The number of rotatable bonds is 3. The fourth-order valence-corrected chi connectivity index (χ4v) is 2.91. The van der Waals surface area contributed by atoms with E-state index in [1.165, 1.54) is 0 Å². The number of piperazine rings is 1. The van der Waals surface area contributed by atoms with Gasteiger partial charge in [-0.05, 0) is 18.6 Å². The highest BCUT2D eigenvalue weighted by molar-refractivity contribution is 5.56. The average molecular weight is 276 g/mol. The minimum absolute atomic E-state index is 0.186. The Morgan fingerprint density at radius 2 is 1.90 bits per heavy atom. The van der Waals surface area contributed by atoms with Crippen LogP contribution in [0.3, 0.4) is 0 Å². The molecule has 0 spiro atoms. The van der Waals surface area contributed by atoms with E-state index in [0.29, 0.717) is 6.04 Å². The van der Waals surface area contributed by atoms with Gasteiger partial charge in [0.2, 0.25) is 0 Å². The molecule has 2 aliphatic rings. The highest BCUT2D eigenvalue weighted by atomic mass is 16.6. The highest BCUT2D eigenvalue weighted by Gasteiger charge is 2.28. The Hall–Kier alpha value is -1.66. The average Bonchev–Trinajstić information content (AvgIpc) is 2.37. The summed E-state index contributed by atoms with van der Waals surface area (Å²) < 4.78 is 0. The number of anilines is 1. The van der Waals surface area contributed by atoms with Crippen molar-refractivity contribution in [2.24, 2.45) is 0 Å².